The second-order valence-electron chi connectivity index (χ2n) is 6.11. The Bertz CT molecular complexity index is 1030. The number of amides is 1. The van der Waals surface area contributed by atoms with Crippen LogP contribution < -0.4 is 15.0 Å². The lowest BCUT2D eigenvalue weighted by atomic mass is 10.2. The van der Waals surface area contributed by atoms with Gasteiger partial charge in [0, 0.05) is 7.05 Å². The third kappa shape index (κ3) is 2.99. The van der Waals surface area contributed by atoms with Crippen molar-refractivity contribution in [3.63, 3.8) is 0 Å². The van der Waals surface area contributed by atoms with Crippen LogP contribution in [-0.2, 0) is 0 Å². The Balaban J connectivity index is 1.51. The molecule has 4 rings (SSSR count). The van der Waals surface area contributed by atoms with Gasteiger partial charge in [0.2, 0.25) is 0 Å². The molecule has 2 aromatic carbocycles. The van der Waals surface area contributed by atoms with Crippen molar-refractivity contribution >= 4 is 16.8 Å². The second-order valence-corrected chi connectivity index (χ2v) is 6.11. The van der Waals surface area contributed by atoms with Crippen molar-refractivity contribution in [3.8, 4) is 11.5 Å². The average molecular weight is 351 g/mol. The fraction of sp³-hybridized carbons (Fsp3) is 0.211. The molecule has 1 aliphatic rings. The minimum atomic E-state index is -0.379. The number of aromatic amines is 1. The molecular formula is C19H17N3O4. The number of hydrogen-bond acceptors (Lipinski definition) is 5. The first-order chi connectivity index (χ1) is 12.6. The Morgan fingerprint density at radius 1 is 1.19 bits per heavy atom. The van der Waals surface area contributed by atoms with E-state index in [0.717, 1.165) is 0 Å². The normalized spacial score (nSPS) is 15.7. The summed E-state index contributed by atoms with van der Waals surface area (Å²) in [5, 5.41) is 0.451. The van der Waals surface area contributed by atoms with Crippen molar-refractivity contribution in [2.45, 2.75) is 6.10 Å². The summed E-state index contributed by atoms with van der Waals surface area (Å²) < 4.78 is 11.5. The van der Waals surface area contributed by atoms with E-state index >= 15 is 0 Å². The lowest BCUT2D eigenvalue weighted by molar-refractivity contribution is 0.0513. The van der Waals surface area contributed by atoms with E-state index < -0.39 is 0 Å². The molecule has 0 bridgehead atoms. The van der Waals surface area contributed by atoms with Gasteiger partial charge in [-0.3, -0.25) is 9.59 Å². The number of para-hydroxylation sites is 3. The van der Waals surface area contributed by atoms with E-state index in [1.807, 2.05) is 24.3 Å². The molecule has 0 radical (unpaired) electrons. The molecule has 1 amide bonds. The Morgan fingerprint density at radius 2 is 1.92 bits per heavy atom. The summed E-state index contributed by atoms with van der Waals surface area (Å²) in [6, 6.07) is 14.3. The summed E-state index contributed by atoms with van der Waals surface area (Å²) in [7, 11) is 1.64. The Morgan fingerprint density at radius 3 is 2.77 bits per heavy atom. The molecule has 0 aliphatic carbocycles. The van der Waals surface area contributed by atoms with E-state index in [0.29, 0.717) is 35.6 Å². The summed E-state index contributed by atoms with van der Waals surface area (Å²) in [6.07, 6.45) is -0.300. The number of H-pyrrole nitrogens is 1. The van der Waals surface area contributed by atoms with Crippen LogP contribution in [0.5, 0.6) is 11.5 Å². The van der Waals surface area contributed by atoms with Crippen LogP contribution in [0.4, 0.5) is 0 Å². The van der Waals surface area contributed by atoms with Crippen LogP contribution in [0.2, 0.25) is 0 Å². The van der Waals surface area contributed by atoms with Crippen LogP contribution in [0, 0.1) is 0 Å². The molecule has 132 valence electrons. The molecule has 3 aromatic rings. The van der Waals surface area contributed by atoms with Crippen LogP contribution in [-0.4, -0.2) is 47.1 Å². The predicted molar refractivity (Wildman–Crippen MR) is 95.7 cm³/mol. The first kappa shape index (κ1) is 16.1. The zero-order valence-corrected chi connectivity index (χ0v) is 14.1. The largest absolute Gasteiger partial charge is 0.486 e. The molecular weight excluding hydrogens is 334 g/mol. The zero-order chi connectivity index (χ0) is 18.1. The average Bonchev–Trinajstić information content (AvgIpc) is 2.67. The summed E-state index contributed by atoms with van der Waals surface area (Å²) in [6.45, 7) is 0.653. The van der Waals surface area contributed by atoms with Crippen molar-refractivity contribution in [2.24, 2.45) is 0 Å². The number of aromatic nitrogens is 2. The number of hydrogen-bond donors (Lipinski definition) is 1. The third-order valence-corrected chi connectivity index (χ3v) is 4.21. The van der Waals surface area contributed by atoms with Gasteiger partial charge in [-0.15, -0.1) is 0 Å². The Kier molecular flexibility index (Phi) is 4.04. The van der Waals surface area contributed by atoms with Gasteiger partial charge in [-0.1, -0.05) is 24.3 Å². The minimum absolute atomic E-state index is 0.00771. The highest BCUT2D eigenvalue weighted by Gasteiger charge is 2.25. The van der Waals surface area contributed by atoms with E-state index in [1.54, 1.807) is 31.3 Å². The van der Waals surface area contributed by atoms with Gasteiger partial charge >= 0.3 is 0 Å². The summed E-state index contributed by atoms with van der Waals surface area (Å²) >= 11 is 0. The quantitative estimate of drug-likeness (QED) is 0.778. The smallest absolute Gasteiger partial charge is 0.289 e. The highest BCUT2D eigenvalue weighted by atomic mass is 16.6. The third-order valence-electron chi connectivity index (χ3n) is 4.21. The number of nitrogens with one attached hydrogen (secondary N) is 1. The van der Waals surface area contributed by atoms with Crippen LogP contribution >= 0.6 is 0 Å². The van der Waals surface area contributed by atoms with E-state index in [1.165, 1.54) is 4.90 Å². The number of likely N-dealkylation sites (N-methyl/N-ethyl adjacent to an activating group) is 1. The molecule has 1 atom stereocenters. The lowest BCUT2D eigenvalue weighted by Gasteiger charge is -2.29. The van der Waals surface area contributed by atoms with Crippen molar-refractivity contribution in [3.05, 3.63) is 64.7 Å². The van der Waals surface area contributed by atoms with Gasteiger partial charge in [0.15, 0.2) is 23.4 Å². The maximum Gasteiger partial charge on any atom is 0.289 e. The molecule has 1 N–H and O–H groups in total. The molecule has 0 saturated heterocycles. The summed E-state index contributed by atoms with van der Waals surface area (Å²) in [5.74, 6) is 0.976. The maximum atomic E-state index is 12.7. The molecule has 0 fully saturated rings. The molecule has 7 nitrogen and oxygen atoms in total. The van der Waals surface area contributed by atoms with Crippen LogP contribution in [0.15, 0.2) is 53.3 Å². The van der Waals surface area contributed by atoms with Gasteiger partial charge in [0.05, 0.1) is 17.4 Å². The number of fused-ring (bicyclic) bond motifs is 2. The van der Waals surface area contributed by atoms with Crippen molar-refractivity contribution in [1.29, 1.82) is 0 Å². The molecule has 1 aliphatic heterocycles. The number of carbonyl (C=O) groups excluding carboxylic acids is 1. The summed E-state index contributed by atoms with van der Waals surface area (Å²) in [5.41, 5.74) is 0.151. The molecule has 0 spiro atoms. The number of ether oxygens (including phenoxy) is 2. The van der Waals surface area contributed by atoms with Crippen LogP contribution in [0.3, 0.4) is 0 Å². The predicted octanol–water partition coefficient (Wildman–Crippen LogP) is 1.84. The highest BCUT2D eigenvalue weighted by Crippen LogP contribution is 2.30. The number of nitrogens with zero attached hydrogens (tertiary/aromatic N) is 2. The van der Waals surface area contributed by atoms with Gasteiger partial charge in [-0.05, 0) is 24.3 Å². The molecule has 0 saturated carbocycles. The lowest BCUT2D eigenvalue weighted by Crippen LogP contribution is -2.42. The summed E-state index contributed by atoms with van der Waals surface area (Å²) in [4.78, 5) is 33.1. The van der Waals surface area contributed by atoms with Crippen molar-refractivity contribution in [1.82, 2.24) is 14.9 Å². The molecule has 26 heavy (non-hydrogen) atoms. The van der Waals surface area contributed by atoms with Crippen LogP contribution in [0.1, 0.15) is 10.6 Å². The molecule has 1 aromatic heterocycles. The van der Waals surface area contributed by atoms with Gasteiger partial charge in [0.25, 0.3) is 11.5 Å². The SMILES string of the molecule is CN(C[C@H]1COc2ccccc2O1)C(=O)c1nc2ccccc2c(=O)[nH]1. The monoisotopic (exact) mass is 351 g/mol. The number of benzene rings is 2. The van der Waals surface area contributed by atoms with Gasteiger partial charge in [-0.25, -0.2) is 4.98 Å². The fourth-order valence-corrected chi connectivity index (χ4v) is 2.91. The second kappa shape index (κ2) is 6.51. The maximum absolute atomic E-state index is 12.7. The standard InChI is InChI=1S/C19H17N3O4/c1-22(10-12-11-25-15-8-4-5-9-16(15)26-12)19(24)17-20-14-7-3-2-6-13(14)18(23)21-17/h2-9,12H,10-11H2,1H3,(H,20,21,23)/t12-/m0/s1. The first-order valence-corrected chi connectivity index (χ1v) is 8.25. The van der Waals surface area contributed by atoms with E-state index in [2.05, 4.69) is 9.97 Å². The molecule has 0 unspecified atom stereocenters. The number of carbonyl (C=O) groups is 1. The first-order valence-electron chi connectivity index (χ1n) is 8.25. The number of rotatable bonds is 3. The van der Waals surface area contributed by atoms with E-state index in [-0.39, 0.29) is 23.4 Å². The zero-order valence-electron chi connectivity index (χ0n) is 14.1. The van der Waals surface area contributed by atoms with E-state index in [9.17, 15) is 9.59 Å². The van der Waals surface area contributed by atoms with Gasteiger partial charge in [0.1, 0.15) is 6.61 Å². The van der Waals surface area contributed by atoms with Crippen molar-refractivity contribution in [2.75, 3.05) is 20.2 Å². The Labute approximate surface area is 149 Å². The van der Waals surface area contributed by atoms with Gasteiger partial charge < -0.3 is 19.4 Å². The topological polar surface area (TPSA) is 84.5 Å². The van der Waals surface area contributed by atoms with E-state index in [4.69, 9.17) is 9.47 Å². The van der Waals surface area contributed by atoms with Crippen LogP contribution in [0.25, 0.3) is 10.9 Å². The molecule has 7 heteroatoms. The Hall–Kier alpha value is -3.35. The minimum Gasteiger partial charge on any atom is -0.486 e. The van der Waals surface area contributed by atoms with Crippen molar-refractivity contribution < 1.29 is 14.3 Å². The highest BCUT2D eigenvalue weighted by molar-refractivity contribution is 5.92. The molecule has 2 heterocycles. The fourth-order valence-electron chi connectivity index (χ4n) is 2.91. The van der Waals surface area contributed by atoms with Gasteiger partial charge in [-0.2, -0.15) is 0 Å².